The summed E-state index contributed by atoms with van der Waals surface area (Å²) in [6.45, 7) is 3.89. The normalized spacial score (nSPS) is 34.2. The maximum Gasteiger partial charge on any atom is 0.331 e. The highest BCUT2D eigenvalue weighted by molar-refractivity contribution is 5.88. The Kier molecular flexibility index (Phi) is 1.19. The van der Waals surface area contributed by atoms with Gasteiger partial charge in [-0.25, -0.2) is 4.79 Å². The molecule has 0 aromatic carbocycles. The van der Waals surface area contributed by atoms with Crippen molar-refractivity contribution in [2.24, 2.45) is 11.8 Å². The molecule has 0 radical (unpaired) electrons. The third kappa shape index (κ3) is 0.821. The first-order valence-corrected chi connectivity index (χ1v) is 3.81. The fraction of sp³-hybridized carbons (Fsp3) is 0.444. The van der Waals surface area contributed by atoms with Gasteiger partial charge in [0.2, 0.25) is 0 Å². The van der Waals surface area contributed by atoms with Gasteiger partial charge < -0.3 is 5.11 Å². The molecular weight excluding hydrogens is 140 g/mol. The van der Waals surface area contributed by atoms with Crippen LogP contribution in [-0.4, -0.2) is 11.1 Å². The van der Waals surface area contributed by atoms with Crippen molar-refractivity contribution in [2.75, 3.05) is 0 Å². The fourth-order valence-electron chi connectivity index (χ4n) is 2.05. The van der Waals surface area contributed by atoms with Crippen molar-refractivity contribution in [3.8, 4) is 0 Å². The van der Waals surface area contributed by atoms with Gasteiger partial charge >= 0.3 is 5.97 Å². The van der Waals surface area contributed by atoms with Crippen LogP contribution in [0.4, 0.5) is 0 Å². The van der Waals surface area contributed by atoms with E-state index in [0.29, 0.717) is 11.5 Å². The molecule has 11 heavy (non-hydrogen) atoms. The molecule has 0 spiro atoms. The summed E-state index contributed by atoms with van der Waals surface area (Å²) in [6.07, 6.45) is 3.74. The number of fused-ring (bicyclic) bond motifs is 2. The monoisotopic (exact) mass is 150 g/mol. The maximum absolute atomic E-state index is 10.6. The Hall–Kier alpha value is -1.05. The average Bonchev–Trinajstić information content (AvgIpc) is 2.43. The first kappa shape index (κ1) is 6.65. The average molecular weight is 150 g/mol. The summed E-state index contributed by atoms with van der Waals surface area (Å²) in [5, 5.41) is 8.72. The predicted octanol–water partition coefficient (Wildman–Crippen LogP) is 1.59. The highest BCUT2D eigenvalue weighted by atomic mass is 16.4. The molecule has 2 heteroatoms. The molecule has 1 fully saturated rings. The molecule has 2 rings (SSSR count). The lowest BCUT2D eigenvalue weighted by Crippen LogP contribution is -2.08. The molecule has 0 amide bonds. The molecule has 0 heterocycles. The van der Waals surface area contributed by atoms with E-state index >= 15 is 0 Å². The first-order valence-electron chi connectivity index (χ1n) is 3.81. The second-order valence-corrected chi connectivity index (χ2v) is 3.33. The lowest BCUT2D eigenvalue weighted by Gasteiger charge is -2.09. The van der Waals surface area contributed by atoms with E-state index in [1.807, 2.05) is 6.08 Å². The van der Waals surface area contributed by atoms with Crippen molar-refractivity contribution in [3.63, 3.8) is 0 Å². The Morgan fingerprint density at radius 2 is 2.45 bits per heavy atom. The summed E-state index contributed by atoms with van der Waals surface area (Å²) in [5.41, 5.74) is 1.82. The molecule has 0 aromatic rings. The van der Waals surface area contributed by atoms with Crippen LogP contribution in [0.2, 0.25) is 0 Å². The van der Waals surface area contributed by atoms with Crippen LogP contribution < -0.4 is 0 Å². The minimum atomic E-state index is -0.745. The third-order valence-electron chi connectivity index (χ3n) is 2.64. The standard InChI is InChI=1S/C9H10O2/c1-5-2-7-3-6(5)4-8(7)9(10)11/h4,6-7H,1-3H2,(H,10,11). The Morgan fingerprint density at radius 3 is 2.82 bits per heavy atom. The van der Waals surface area contributed by atoms with Crippen molar-refractivity contribution in [2.45, 2.75) is 12.8 Å². The summed E-state index contributed by atoms with van der Waals surface area (Å²) in [6, 6.07) is 0. The second-order valence-electron chi connectivity index (χ2n) is 3.33. The van der Waals surface area contributed by atoms with Crippen LogP contribution in [0.1, 0.15) is 12.8 Å². The minimum Gasteiger partial charge on any atom is -0.478 e. The smallest absolute Gasteiger partial charge is 0.331 e. The number of carboxylic acids is 1. The highest BCUT2D eigenvalue weighted by Gasteiger charge is 2.38. The Morgan fingerprint density at radius 1 is 1.73 bits per heavy atom. The van der Waals surface area contributed by atoms with Crippen LogP contribution in [0.3, 0.4) is 0 Å². The molecule has 0 aliphatic heterocycles. The van der Waals surface area contributed by atoms with Crippen LogP contribution >= 0.6 is 0 Å². The van der Waals surface area contributed by atoms with Gasteiger partial charge in [0.05, 0.1) is 0 Å². The topological polar surface area (TPSA) is 37.3 Å². The highest BCUT2D eigenvalue weighted by Crippen LogP contribution is 2.46. The quantitative estimate of drug-likeness (QED) is 0.576. The van der Waals surface area contributed by atoms with E-state index in [1.54, 1.807) is 0 Å². The van der Waals surface area contributed by atoms with Crippen molar-refractivity contribution in [3.05, 3.63) is 23.8 Å². The van der Waals surface area contributed by atoms with Gasteiger partial charge in [0.15, 0.2) is 0 Å². The van der Waals surface area contributed by atoms with E-state index < -0.39 is 5.97 Å². The van der Waals surface area contributed by atoms with Crippen LogP contribution in [0.5, 0.6) is 0 Å². The van der Waals surface area contributed by atoms with Crippen molar-refractivity contribution in [1.82, 2.24) is 0 Å². The molecule has 2 bridgehead atoms. The molecule has 0 saturated heterocycles. The summed E-state index contributed by atoms with van der Waals surface area (Å²) < 4.78 is 0. The van der Waals surface area contributed by atoms with E-state index in [0.717, 1.165) is 12.8 Å². The van der Waals surface area contributed by atoms with E-state index in [1.165, 1.54) is 5.57 Å². The zero-order valence-corrected chi connectivity index (χ0v) is 6.21. The van der Waals surface area contributed by atoms with Gasteiger partial charge in [-0.3, -0.25) is 0 Å². The first-order chi connectivity index (χ1) is 5.18. The van der Waals surface area contributed by atoms with Gasteiger partial charge in [0.25, 0.3) is 0 Å². The minimum absolute atomic E-state index is 0.269. The van der Waals surface area contributed by atoms with E-state index in [-0.39, 0.29) is 5.92 Å². The van der Waals surface area contributed by atoms with E-state index in [4.69, 9.17) is 5.11 Å². The van der Waals surface area contributed by atoms with Gasteiger partial charge in [-0.15, -0.1) is 0 Å². The molecule has 1 saturated carbocycles. The molecule has 2 aliphatic carbocycles. The van der Waals surface area contributed by atoms with Crippen LogP contribution in [-0.2, 0) is 4.79 Å². The number of carboxylic acid groups (broad SMARTS) is 1. The number of allylic oxidation sites excluding steroid dienone is 2. The molecule has 58 valence electrons. The zero-order valence-electron chi connectivity index (χ0n) is 6.21. The Labute approximate surface area is 65.2 Å². The van der Waals surface area contributed by atoms with Crippen molar-refractivity contribution < 1.29 is 9.90 Å². The van der Waals surface area contributed by atoms with Gasteiger partial charge in [-0.05, 0) is 24.7 Å². The fourth-order valence-corrected chi connectivity index (χ4v) is 2.05. The second kappa shape index (κ2) is 1.97. The van der Waals surface area contributed by atoms with E-state index in [9.17, 15) is 4.79 Å². The van der Waals surface area contributed by atoms with Crippen molar-refractivity contribution in [1.29, 1.82) is 0 Å². The number of hydrogen-bond donors (Lipinski definition) is 1. The zero-order chi connectivity index (χ0) is 8.01. The molecule has 2 nitrogen and oxygen atoms in total. The summed E-state index contributed by atoms with van der Waals surface area (Å²) in [4.78, 5) is 10.6. The van der Waals surface area contributed by atoms with Crippen molar-refractivity contribution >= 4 is 5.97 Å². The van der Waals surface area contributed by atoms with Gasteiger partial charge in [0, 0.05) is 5.57 Å². The maximum atomic E-state index is 10.6. The SMILES string of the molecule is C=C1CC2CC1C=C2C(=O)O. The number of rotatable bonds is 1. The largest absolute Gasteiger partial charge is 0.478 e. The van der Waals surface area contributed by atoms with Gasteiger partial charge in [0.1, 0.15) is 0 Å². The molecule has 2 aliphatic rings. The van der Waals surface area contributed by atoms with E-state index in [2.05, 4.69) is 6.58 Å². The number of carbonyl (C=O) groups is 1. The molecular formula is C9H10O2. The molecule has 2 unspecified atom stereocenters. The molecule has 1 N–H and O–H groups in total. The number of hydrogen-bond acceptors (Lipinski definition) is 1. The summed E-state index contributed by atoms with van der Waals surface area (Å²) >= 11 is 0. The Balaban J connectivity index is 2.30. The Bertz CT molecular complexity index is 263. The van der Waals surface area contributed by atoms with Gasteiger partial charge in [-0.1, -0.05) is 18.2 Å². The lowest BCUT2D eigenvalue weighted by molar-refractivity contribution is -0.133. The summed E-state index contributed by atoms with van der Waals surface area (Å²) in [7, 11) is 0. The van der Waals surface area contributed by atoms with Crippen LogP contribution in [0.15, 0.2) is 23.8 Å². The third-order valence-corrected chi connectivity index (χ3v) is 2.64. The van der Waals surface area contributed by atoms with Crippen LogP contribution in [0.25, 0.3) is 0 Å². The summed E-state index contributed by atoms with van der Waals surface area (Å²) in [5.74, 6) is -0.110. The van der Waals surface area contributed by atoms with Crippen LogP contribution in [0, 0.1) is 11.8 Å². The lowest BCUT2D eigenvalue weighted by atomic mass is 9.96. The molecule has 2 atom stereocenters. The predicted molar refractivity (Wildman–Crippen MR) is 41.1 cm³/mol. The van der Waals surface area contributed by atoms with Gasteiger partial charge in [-0.2, -0.15) is 0 Å². The molecule has 0 aromatic heterocycles. The number of aliphatic carboxylic acids is 1.